The van der Waals surface area contributed by atoms with E-state index in [9.17, 15) is 19.2 Å². The van der Waals surface area contributed by atoms with Crippen molar-refractivity contribution in [1.82, 2.24) is 9.55 Å². The van der Waals surface area contributed by atoms with Gasteiger partial charge in [-0.3, -0.25) is 23.9 Å². The maximum atomic E-state index is 13.1. The van der Waals surface area contributed by atoms with Crippen LogP contribution in [0.4, 0.5) is 11.5 Å². The van der Waals surface area contributed by atoms with Crippen LogP contribution in [-0.2, 0) is 27.5 Å². The van der Waals surface area contributed by atoms with Gasteiger partial charge in [-0.05, 0) is 30.5 Å². The largest absolute Gasteiger partial charge is 0.497 e. The number of anilines is 2. The molecule has 192 valence electrons. The zero-order valence-corrected chi connectivity index (χ0v) is 20.8. The number of unbranched alkanes of at least 4 members (excludes halogenated alkanes) is 3. The van der Waals surface area contributed by atoms with Crippen LogP contribution in [0.1, 0.15) is 64.4 Å². The van der Waals surface area contributed by atoms with Gasteiger partial charge in [-0.25, -0.2) is 4.79 Å². The van der Waals surface area contributed by atoms with Gasteiger partial charge in [0.1, 0.15) is 18.2 Å². The smallest absolute Gasteiger partial charge is 0.330 e. The van der Waals surface area contributed by atoms with Gasteiger partial charge in [0.2, 0.25) is 5.91 Å². The summed E-state index contributed by atoms with van der Waals surface area (Å²) in [5, 5.41) is 0. The van der Waals surface area contributed by atoms with Crippen LogP contribution in [0.2, 0.25) is 0 Å². The maximum absolute atomic E-state index is 13.1. The highest BCUT2D eigenvalue weighted by atomic mass is 16.5. The number of esters is 1. The number of hydrogen-bond donors (Lipinski definition) is 2. The monoisotopic (exact) mass is 488 g/mol. The highest BCUT2D eigenvalue weighted by Crippen LogP contribution is 2.20. The van der Waals surface area contributed by atoms with Crippen molar-refractivity contribution in [3.05, 3.63) is 50.7 Å². The van der Waals surface area contributed by atoms with E-state index in [1.54, 1.807) is 31.4 Å². The SMILES string of the molecule is CCCCCN(C(=O)CCC(=O)OCc1cccc(OC)c1)c1c(N)n(CCCC)c(=O)[nH]c1=O. The van der Waals surface area contributed by atoms with Crippen LogP contribution in [0.25, 0.3) is 0 Å². The van der Waals surface area contributed by atoms with E-state index in [4.69, 9.17) is 15.2 Å². The summed E-state index contributed by atoms with van der Waals surface area (Å²) in [5.41, 5.74) is 5.60. The van der Waals surface area contributed by atoms with E-state index < -0.39 is 23.1 Å². The molecule has 0 aliphatic heterocycles. The highest BCUT2D eigenvalue weighted by molar-refractivity contribution is 5.96. The molecule has 35 heavy (non-hydrogen) atoms. The minimum absolute atomic E-state index is 0.0438. The fourth-order valence-corrected chi connectivity index (χ4v) is 3.60. The molecule has 10 nitrogen and oxygen atoms in total. The average Bonchev–Trinajstić information content (AvgIpc) is 2.85. The molecule has 0 atom stereocenters. The van der Waals surface area contributed by atoms with E-state index in [1.165, 1.54) is 9.47 Å². The quantitative estimate of drug-likeness (QED) is 0.308. The van der Waals surface area contributed by atoms with Gasteiger partial charge in [0.15, 0.2) is 5.69 Å². The molecule has 0 spiro atoms. The first-order chi connectivity index (χ1) is 16.8. The molecule has 0 saturated carbocycles. The number of nitrogens with two attached hydrogens (primary N) is 1. The molecule has 0 fully saturated rings. The number of nitrogen functional groups attached to an aromatic ring is 1. The molecule has 1 aromatic heterocycles. The Morgan fingerprint density at radius 2 is 1.83 bits per heavy atom. The second kappa shape index (κ2) is 14.0. The number of H-pyrrole nitrogens is 1. The van der Waals surface area contributed by atoms with Crippen molar-refractivity contribution in [2.45, 2.75) is 71.9 Å². The Morgan fingerprint density at radius 3 is 2.51 bits per heavy atom. The van der Waals surface area contributed by atoms with Crippen molar-refractivity contribution in [3.8, 4) is 5.75 Å². The second-order valence-electron chi connectivity index (χ2n) is 8.26. The predicted molar refractivity (Wildman–Crippen MR) is 135 cm³/mol. The van der Waals surface area contributed by atoms with Crippen LogP contribution in [0.3, 0.4) is 0 Å². The number of aromatic amines is 1. The van der Waals surface area contributed by atoms with Crippen LogP contribution in [0.5, 0.6) is 5.75 Å². The number of carbonyl (C=O) groups excluding carboxylic acids is 2. The standard InChI is InChI=1S/C25H36N4O6/c1-4-6-8-15-28(22-23(26)29(14-7-5-2)25(33)27-24(22)32)20(30)12-13-21(31)35-17-18-10-9-11-19(16-18)34-3/h9-11,16H,4-8,12-15,17,26H2,1-3H3,(H,27,32,33). The molecule has 10 heteroatoms. The lowest BCUT2D eigenvalue weighted by Gasteiger charge is -2.24. The number of carbonyl (C=O) groups is 2. The molecule has 0 radical (unpaired) electrons. The van der Waals surface area contributed by atoms with Crippen LogP contribution < -0.4 is 26.6 Å². The van der Waals surface area contributed by atoms with Crippen molar-refractivity contribution >= 4 is 23.4 Å². The van der Waals surface area contributed by atoms with Gasteiger partial charge in [0.25, 0.3) is 5.56 Å². The van der Waals surface area contributed by atoms with Gasteiger partial charge in [-0.1, -0.05) is 45.2 Å². The third-order valence-corrected chi connectivity index (χ3v) is 5.58. The summed E-state index contributed by atoms with van der Waals surface area (Å²) < 4.78 is 11.7. The highest BCUT2D eigenvalue weighted by Gasteiger charge is 2.24. The zero-order chi connectivity index (χ0) is 25.8. The van der Waals surface area contributed by atoms with E-state index >= 15 is 0 Å². The molecule has 0 unspecified atom stereocenters. The number of amides is 1. The lowest BCUT2D eigenvalue weighted by Crippen LogP contribution is -2.41. The summed E-state index contributed by atoms with van der Waals surface area (Å²) in [6, 6.07) is 7.15. The lowest BCUT2D eigenvalue weighted by molar-refractivity contribution is -0.146. The van der Waals surface area contributed by atoms with Crippen LogP contribution >= 0.6 is 0 Å². The Labute approximate surface area is 205 Å². The van der Waals surface area contributed by atoms with Crippen LogP contribution in [0.15, 0.2) is 33.9 Å². The first-order valence-corrected chi connectivity index (χ1v) is 12.0. The number of nitrogens with zero attached hydrogens (tertiary/aromatic N) is 2. The van der Waals surface area contributed by atoms with Crippen molar-refractivity contribution in [1.29, 1.82) is 0 Å². The zero-order valence-electron chi connectivity index (χ0n) is 20.8. The third-order valence-electron chi connectivity index (χ3n) is 5.58. The number of nitrogens with one attached hydrogen (secondary N) is 1. The summed E-state index contributed by atoms with van der Waals surface area (Å²) in [6.07, 6.45) is 3.63. The molecule has 1 amide bonds. The number of hydrogen-bond acceptors (Lipinski definition) is 7. The third kappa shape index (κ3) is 8.01. The number of ether oxygens (including phenoxy) is 2. The molecule has 3 N–H and O–H groups in total. The topological polar surface area (TPSA) is 137 Å². The Morgan fingerprint density at radius 1 is 1.09 bits per heavy atom. The predicted octanol–water partition coefficient (Wildman–Crippen LogP) is 2.97. The summed E-state index contributed by atoms with van der Waals surface area (Å²) in [4.78, 5) is 53.9. The van der Waals surface area contributed by atoms with Gasteiger partial charge in [-0.2, -0.15) is 0 Å². The Bertz CT molecular complexity index is 1110. The second-order valence-corrected chi connectivity index (χ2v) is 8.26. The molecule has 0 aliphatic rings. The van der Waals surface area contributed by atoms with Gasteiger partial charge in [0.05, 0.1) is 13.5 Å². The number of aromatic nitrogens is 2. The number of methoxy groups -OCH3 is 1. The Hall–Kier alpha value is -3.56. The van der Waals surface area contributed by atoms with Gasteiger partial charge < -0.3 is 20.1 Å². The fourth-order valence-electron chi connectivity index (χ4n) is 3.60. The molecule has 2 aromatic rings. The summed E-state index contributed by atoms with van der Waals surface area (Å²) in [7, 11) is 1.55. The Kier molecular flexibility index (Phi) is 11.1. The molecule has 2 rings (SSSR count). The van der Waals surface area contributed by atoms with Gasteiger partial charge in [0, 0.05) is 19.5 Å². The summed E-state index contributed by atoms with van der Waals surface area (Å²) in [5.74, 6) is -0.362. The molecule has 0 aliphatic carbocycles. The molecule has 0 bridgehead atoms. The van der Waals surface area contributed by atoms with Crippen LogP contribution in [0, 0.1) is 0 Å². The molecular weight excluding hydrogens is 452 g/mol. The minimum Gasteiger partial charge on any atom is -0.497 e. The molecule has 1 aromatic carbocycles. The molecule has 1 heterocycles. The van der Waals surface area contributed by atoms with E-state index in [-0.39, 0.29) is 37.5 Å². The summed E-state index contributed by atoms with van der Waals surface area (Å²) >= 11 is 0. The van der Waals surface area contributed by atoms with Gasteiger partial charge in [-0.15, -0.1) is 0 Å². The number of benzene rings is 1. The maximum Gasteiger partial charge on any atom is 0.330 e. The summed E-state index contributed by atoms with van der Waals surface area (Å²) in [6.45, 7) is 4.64. The lowest BCUT2D eigenvalue weighted by atomic mass is 10.2. The van der Waals surface area contributed by atoms with Crippen molar-refractivity contribution < 1.29 is 19.1 Å². The van der Waals surface area contributed by atoms with Crippen molar-refractivity contribution in [2.24, 2.45) is 0 Å². The molecular formula is C25H36N4O6. The normalized spacial score (nSPS) is 10.7. The first kappa shape index (κ1) is 27.7. The van der Waals surface area contributed by atoms with Crippen molar-refractivity contribution in [2.75, 3.05) is 24.3 Å². The van der Waals surface area contributed by atoms with Gasteiger partial charge >= 0.3 is 11.7 Å². The van der Waals surface area contributed by atoms with Crippen LogP contribution in [-0.4, -0.2) is 35.1 Å². The number of rotatable bonds is 14. The Balaban J connectivity index is 2.14. The van der Waals surface area contributed by atoms with E-state index in [0.29, 0.717) is 25.1 Å². The van der Waals surface area contributed by atoms with E-state index in [0.717, 1.165) is 24.8 Å². The van der Waals surface area contributed by atoms with E-state index in [1.807, 2.05) is 13.8 Å². The first-order valence-electron chi connectivity index (χ1n) is 12.0. The van der Waals surface area contributed by atoms with E-state index in [2.05, 4.69) is 4.98 Å². The average molecular weight is 489 g/mol. The fraction of sp³-hybridized carbons (Fsp3) is 0.520. The molecule has 0 saturated heterocycles. The minimum atomic E-state index is -0.717. The van der Waals surface area contributed by atoms with Crippen molar-refractivity contribution in [3.63, 3.8) is 0 Å².